The molecule has 2 aromatic rings. The third-order valence-corrected chi connectivity index (χ3v) is 3.36. The van der Waals surface area contributed by atoms with Crippen molar-refractivity contribution in [1.29, 1.82) is 0 Å². The molecule has 0 aromatic carbocycles. The second-order valence-electron chi connectivity index (χ2n) is 3.42. The van der Waals surface area contributed by atoms with Gasteiger partial charge < -0.3 is 0 Å². The van der Waals surface area contributed by atoms with Crippen molar-refractivity contribution in [3.8, 4) is 0 Å². The molecule has 0 bridgehead atoms. The number of carbonyl (C=O) groups is 1. The van der Waals surface area contributed by atoms with Crippen molar-refractivity contribution in [3.63, 3.8) is 0 Å². The van der Waals surface area contributed by atoms with Crippen molar-refractivity contribution in [3.05, 3.63) is 39.3 Å². The van der Waals surface area contributed by atoms with E-state index < -0.39 is 11.9 Å². The van der Waals surface area contributed by atoms with Crippen LogP contribution in [0.1, 0.15) is 15.4 Å². The first-order valence-electron chi connectivity index (χ1n) is 4.75. The van der Waals surface area contributed by atoms with E-state index in [2.05, 4.69) is 5.10 Å². The van der Waals surface area contributed by atoms with Gasteiger partial charge >= 0.3 is 6.18 Å². The number of rotatable bonds is 3. The Morgan fingerprint density at radius 2 is 2.11 bits per heavy atom. The van der Waals surface area contributed by atoms with Crippen LogP contribution in [0.5, 0.6) is 0 Å². The summed E-state index contributed by atoms with van der Waals surface area (Å²) < 4.78 is 38.3. The lowest BCUT2D eigenvalue weighted by atomic mass is 10.3. The van der Waals surface area contributed by atoms with Gasteiger partial charge in [-0.1, -0.05) is 11.6 Å². The summed E-state index contributed by atoms with van der Waals surface area (Å²) in [5.41, 5.74) is -1.01. The SMILES string of the molecule is O=C(Cn1ccc(C(F)(F)F)n1)c1ccc(Cl)s1. The zero-order valence-electron chi connectivity index (χ0n) is 8.74. The Morgan fingerprint density at radius 3 is 2.61 bits per heavy atom. The number of carbonyl (C=O) groups excluding carboxylic acids is 1. The van der Waals surface area contributed by atoms with Crippen LogP contribution in [-0.4, -0.2) is 15.6 Å². The van der Waals surface area contributed by atoms with Gasteiger partial charge in [-0.05, 0) is 18.2 Å². The average molecular weight is 295 g/mol. The summed E-state index contributed by atoms with van der Waals surface area (Å²) >= 11 is 6.75. The van der Waals surface area contributed by atoms with Crippen LogP contribution < -0.4 is 0 Å². The molecule has 0 fully saturated rings. The van der Waals surface area contributed by atoms with Gasteiger partial charge in [0.15, 0.2) is 11.5 Å². The van der Waals surface area contributed by atoms with Crippen molar-refractivity contribution in [2.75, 3.05) is 0 Å². The highest BCUT2D eigenvalue weighted by molar-refractivity contribution is 7.18. The molecule has 0 atom stereocenters. The zero-order valence-corrected chi connectivity index (χ0v) is 10.3. The van der Waals surface area contributed by atoms with Gasteiger partial charge in [-0.3, -0.25) is 9.48 Å². The van der Waals surface area contributed by atoms with E-state index in [0.29, 0.717) is 9.21 Å². The average Bonchev–Trinajstić information content (AvgIpc) is 2.85. The van der Waals surface area contributed by atoms with E-state index in [0.717, 1.165) is 28.3 Å². The third kappa shape index (κ3) is 2.91. The molecule has 0 radical (unpaired) electrons. The van der Waals surface area contributed by atoms with Crippen LogP contribution in [0, 0.1) is 0 Å². The Hall–Kier alpha value is -1.34. The molecule has 0 saturated carbocycles. The van der Waals surface area contributed by atoms with Crippen LogP contribution in [0.2, 0.25) is 4.34 Å². The predicted molar refractivity (Wildman–Crippen MR) is 60.9 cm³/mol. The van der Waals surface area contributed by atoms with Crippen LogP contribution in [0.25, 0.3) is 0 Å². The van der Waals surface area contributed by atoms with E-state index in [-0.39, 0.29) is 12.3 Å². The topological polar surface area (TPSA) is 34.9 Å². The molecule has 3 nitrogen and oxygen atoms in total. The second kappa shape index (κ2) is 4.74. The molecule has 8 heteroatoms. The van der Waals surface area contributed by atoms with Crippen LogP contribution in [-0.2, 0) is 12.7 Å². The Balaban J connectivity index is 2.10. The van der Waals surface area contributed by atoms with Crippen molar-refractivity contribution < 1.29 is 18.0 Å². The van der Waals surface area contributed by atoms with Gasteiger partial charge in [0.2, 0.25) is 0 Å². The van der Waals surface area contributed by atoms with E-state index in [9.17, 15) is 18.0 Å². The lowest BCUT2D eigenvalue weighted by molar-refractivity contribution is -0.141. The Kier molecular flexibility index (Phi) is 3.45. The van der Waals surface area contributed by atoms with Crippen molar-refractivity contribution in [2.24, 2.45) is 0 Å². The summed E-state index contributed by atoms with van der Waals surface area (Å²) in [6.45, 7) is -0.243. The minimum Gasteiger partial charge on any atom is -0.291 e. The third-order valence-electron chi connectivity index (χ3n) is 2.08. The smallest absolute Gasteiger partial charge is 0.291 e. The maximum absolute atomic E-state index is 12.3. The summed E-state index contributed by atoms with van der Waals surface area (Å²) in [5, 5.41) is 3.30. The number of halogens is 4. The molecular weight excluding hydrogens is 289 g/mol. The molecule has 18 heavy (non-hydrogen) atoms. The molecule has 0 unspecified atom stereocenters. The molecular formula is C10H6ClF3N2OS. The second-order valence-corrected chi connectivity index (χ2v) is 5.14. The quantitative estimate of drug-likeness (QED) is 0.812. The van der Waals surface area contributed by atoms with E-state index in [1.807, 2.05) is 0 Å². The van der Waals surface area contributed by atoms with Crippen LogP contribution in [0.4, 0.5) is 13.2 Å². The molecule has 0 aliphatic carbocycles. The summed E-state index contributed by atoms with van der Waals surface area (Å²) in [6, 6.07) is 3.92. The molecule has 2 heterocycles. The molecule has 0 aliphatic heterocycles. The molecule has 0 spiro atoms. The van der Waals surface area contributed by atoms with E-state index >= 15 is 0 Å². The molecule has 0 saturated heterocycles. The van der Waals surface area contributed by atoms with Gasteiger partial charge in [-0.25, -0.2) is 0 Å². The van der Waals surface area contributed by atoms with Crippen LogP contribution in [0.15, 0.2) is 24.4 Å². The highest BCUT2D eigenvalue weighted by atomic mass is 35.5. The first-order chi connectivity index (χ1) is 8.36. The lowest BCUT2D eigenvalue weighted by Gasteiger charge is -2.01. The van der Waals surface area contributed by atoms with Gasteiger partial charge in [-0.15, -0.1) is 11.3 Å². The molecule has 0 aliphatic rings. The monoisotopic (exact) mass is 294 g/mol. The molecule has 2 rings (SSSR count). The number of thiophene rings is 1. The number of aromatic nitrogens is 2. The van der Waals surface area contributed by atoms with Gasteiger partial charge in [0.1, 0.15) is 6.54 Å². The van der Waals surface area contributed by atoms with Gasteiger partial charge in [-0.2, -0.15) is 18.3 Å². The fourth-order valence-electron chi connectivity index (χ4n) is 1.29. The van der Waals surface area contributed by atoms with Crippen LogP contribution >= 0.6 is 22.9 Å². The van der Waals surface area contributed by atoms with Gasteiger partial charge in [0, 0.05) is 6.20 Å². The molecule has 0 amide bonds. The predicted octanol–water partition coefficient (Wildman–Crippen LogP) is 3.50. The maximum atomic E-state index is 12.3. The number of nitrogens with zero attached hydrogens (tertiary/aromatic N) is 2. The Labute approximate surface area is 109 Å². The fraction of sp³-hybridized carbons (Fsp3) is 0.200. The Bertz CT molecular complexity index is 576. The van der Waals surface area contributed by atoms with Crippen molar-refractivity contribution in [1.82, 2.24) is 9.78 Å². The zero-order chi connectivity index (χ0) is 13.3. The minimum atomic E-state index is -4.50. The number of ketones is 1. The number of alkyl halides is 3. The largest absolute Gasteiger partial charge is 0.435 e. The molecule has 2 aromatic heterocycles. The summed E-state index contributed by atoms with van der Waals surface area (Å²) in [4.78, 5) is 12.1. The summed E-state index contributed by atoms with van der Waals surface area (Å²) in [5.74, 6) is -0.330. The number of hydrogen-bond acceptors (Lipinski definition) is 3. The maximum Gasteiger partial charge on any atom is 0.435 e. The van der Waals surface area contributed by atoms with E-state index in [1.54, 1.807) is 6.07 Å². The summed E-state index contributed by atoms with van der Waals surface area (Å²) in [7, 11) is 0. The first kappa shape index (κ1) is 13.1. The standard InChI is InChI=1S/C10H6ClF3N2OS/c11-9-2-1-7(18-9)6(17)5-16-4-3-8(15-16)10(12,13)14/h1-4H,5H2. The lowest BCUT2D eigenvalue weighted by Crippen LogP contribution is -2.12. The first-order valence-corrected chi connectivity index (χ1v) is 5.95. The number of Topliss-reactive ketones (excluding diaryl/α,β-unsaturated/α-hetero) is 1. The Morgan fingerprint density at radius 1 is 1.39 bits per heavy atom. The van der Waals surface area contributed by atoms with Gasteiger partial charge in [0.05, 0.1) is 9.21 Å². The highest BCUT2D eigenvalue weighted by Crippen LogP contribution is 2.27. The minimum absolute atomic E-state index is 0.243. The summed E-state index contributed by atoms with van der Waals surface area (Å²) in [6.07, 6.45) is -3.38. The van der Waals surface area contributed by atoms with Crippen molar-refractivity contribution in [2.45, 2.75) is 12.7 Å². The fourth-order valence-corrected chi connectivity index (χ4v) is 2.26. The number of hydrogen-bond donors (Lipinski definition) is 0. The van der Waals surface area contributed by atoms with E-state index in [4.69, 9.17) is 11.6 Å². The van der Waals surface area contributed by atoms with E-state index in [1.165, 1.54) is 6.07 Å². The highest BCUT2D eigenvalue weighted by Gasteiger charge is 2.33. The molecule has 96 valence electrons. The molecule has 0 N–H and O–H groups in total. The normalized spacial score (nSPS) is 11.8. The van der Waals surface area contributed by atoms with Gasteiger partial charge in [0.25, 0.3) is 0 Å². The van der Waals surface area contributed by atoms with Crippen molar-refractivity contribution >= 4 is 28.7 Å². The van der Waals surface area contributed by atoms with Crippen LogP contribution in [0.3, 0.4) is 0 Å².